The van der Waals surface area contributed by atoms with Gasteiger partial charge in [0.25, 0.3) is 0 Å². The number of likely N-dealkylation sites (tertiary alicyclic amines) is 1. The summed E-state index contributed by atoms with van der Waals surface area (Å²) in [6, 6.07) is -0.238. The molecular weight excluding hydrogens is 209 g/mol. The fourth-order valence-corrected chi connectivity index (χ4v) is 1.94. The fraction of sp³-hybridized carbons (Fsp3) is 0.889. The van der Waals surface area contributed by atoms with E-state index in [0.717, 1.165) is 0 Å². The smallest absolute Gasteiger partial charge is 0.369 e. The van der Waals surface area contributed by atoms with Gasteiger partial charge in [-0.1, -0.05) is 0 Å². The number of carbonyl (C=O) groups is 1. The van der Waals surface area contributed by atoms with Gasteiger partial charge < -0.3 is 5.73 Å². The number of amides is 1. The summed E-state index contributed by atoms with van der Waals surface area (Å²) in [4.78, 5) is 12.2. The lowest BCUT2D eigenvalue weighted by Gasteiger charge is -2.36. The number of primary amides is 1. The molecule has 1 fully saturated rings. The number of hydrogen-bond donors (Lipinski definition) is 1. The quantitative estimate of drug-likeness (QED) is 0.764. The largest absolute Gasteiger partial charge is 0.401 e. The van der Waals surface area contributed by atoms with E-state index in [1.807, 2.05) is 0 Å². The molecule has 1 aliphatic rings. The maximum absolute atomic E-state index is 12.1. The summed E-state index contributed by atoms with van der Waals surface area (Å²) in [5, 5.41) is 0. The molecule has 6 heteroatoms. The van der Waals surface area contributed by atoms with E-state index in [-0.39, 0.29) is 18.5 Å². The molecule has 0 aliphatic carbocycles. The van der Waals surface area contributed by atoms with Crippen molar-refractivity contribution in [2.24, 2.45) is 11.7 Å². The number of carbonyl (C=O) groups excluding carboxylic acids is 1. The molecule has 1 saturated heterocycles. The molecule has 2 N–H and O–H groups in total. The van der Waals surface area contributed by atoms with Crippen LogP contribution in [0.1, 0.15) is 19.8 Å². The molecule has 0 spiro atoms. The van der Waals surface area contributed by atoms with E-state index < -0.39 is 18.6 Å². The molecule has 1 aliphatic heterocycles. The molecule has 2 atom stereocenters. The van der Waals surface area contributed by atoms with Crippen molar-refractivity contribution in [2.45, 2.75) is 32.0 Å². The van der Waals surface area contributed by atoms with Gasteiger partial charge in [-0.2, -0.15) is 13.2 Å². The predicted molar refractivity (Wildman–Crippen MR) is 49.0 cm³/mol. The summed E-state index contributed by atoms with van der Waals surface area (Å²) in [6.07, 6.45) is -3.32. The Bertz CT molecular complexity index is 242. The predicted octanol–water partition coefficient (Wildman–Crippen LogP) is 1.13. The number of halogens is 3. The maximum Gasteiger partial charge on any atom is 0.401 e. The molecule has 1 rings (SSSR count). The zero-order valence-corrected chi connectivity index (χ0v) is 8.55. The van der Waals surface area contributed by atoms with Gasteiger partial charge in [-0.15, -0.1) is 0 Å². The van der Waals surface area contributed by atoms with Crippen LogP contribution in [0.3, 0.4) is 0 Å². The zero-order valence-electron chi connectivity index (χ0n) is 8.55. The first-order valence-electron chi connectivity index (χ1n) is 4.89. The number of piperidine rings is 1. The van der Waals surface area contributed by atoms with Gasteiger partial charge in [0.05, 0.1) is 6.54 Å². The van der Waals surface area contributed by atoms with Crippen molar-refractivity contribution >= 4 is 5.91 Å². The summed E-state index contributed by atoms with van der Waals surface area (Å²) in [7, 11) is 0. The minimum atomic E-state index is -4.17. The molecule has 1 amide bonds. The van der Waals surface area contributed by atoms with Gasteiger partial charge in [-0.05, 0) is 26.3 Å². The van der Waals surface area contributed by atoms with E-state index >= 15 is 0 Å². The van der Waals surface area contributed by atoms with Gasteiger partial charge in [0.1, 0.15) is 0 Å². The number of nitrogens with zero attached hydrogens (tertiary/aromatic N) is 1. The Morgan fingerprint density at radius 2 is 2.13 bits per heavy atom. The van der Waals surface area contributed by atoms with Gasteiger partial charge in [0.2, 0.25) is 5.91 Å². The van der Waals surface area contributed by atoms with E-state index in [1.165, 1.54) is 4.90 Å². The van der Waals surface area contributed by atoms with E-state index in [0.29, 0.717) is 12.8 Å². The zero-order chi connectivity index (χ0) is 11.6. The van der Waals surface area contributed by atoms with Gasteiger partial charge in [-0.25, -0.2) is 0 Å². The summed E-state index contributed by atoms with van der Waals surface area (Å²) in [5.74, 6) is -0.682. The highest BCUT2D eigenvalue weighted by atomic mass is 19.4. The first-order valence-corrected chi connectivity index (χ1v) is 4.89. The average Bonchev–Trinajstić information content (AvgIpc) is 2.05. The molecule has 15 heavy (non-hydrogen) atoms. The van der Waals surface area contributed by atoms with Crippen molar-refractivity contribution in [2.75, 3.05) is 13.1 Å². The Kier molecular flexibility index (Phi) is 3.59. The molecular formula is C9H15F3N2O. The Hall–Kier alpha value is -0.780. The topological polar surface area (TPSA) is 46.3 Å². The van der Waals surface area contributed by atoms with Crippen molar-refractivity contribution in [1.82, 2.24) is 4.90 Å². The van der Waals surface area contributed by atoms with Gasteiger partial charge in [0, 0.05) is 12.0 Å². The third-order valence-corrected chi connectivity index (χ3v) is 2.80. The molecule has 88 valence electrons. The van der Waals surface area contributed by atoms with Crippen LogP contribution < -0.4 is 5.73 Å². The first kappa shape index (κ1) is 12.3. The van der Waals surface area contributed by atoms with Crippen LogP contribution in [0.25, 0.3) is 0 Å². The highest BCUT2D eigenvalue weighted by Crippen LogP contribution is 2.26. The molecule has 1 heterocycles. The maximum atomic E-state index is 12.1. The third kappa shape index (κ3) is 3.70. The lowest BCUT2D eigenvalue weighted by Crippen LogP contribution is -2.47. The van der Waals surface area contributed by atoms with Crippen molar-refractivity contribution < 1.29 is 18.0 Å². The SMILES string of the molecule is CC1CC(C(N)=O)CCN1CC(F)(F)F. The highest BCUT2D eigenvalue weighted by Gasteiger charge is 2.36. The summed E-state index contributed by atoms with van der Waals surface area (Å²) >= 11 is 0. The standard InChI is InChI=1S/C9H15F3N2O/c1-6-4-7(8(13)15)2-3-14(6)5-9(10,11)12/h6-7H,2-5H2,1H3,(H2,13,15). The minimum Gasteiger partial charge on any atom is -0.369 e. The van der Waals surface area contributed by atoms with Crippen LogP contribution in [0.4, 0.5) is 13.2 Å². The Morgan fingerprint density at radius 1 is 1.53 bits per heavy atom. The molecule has 0 radical (unpaired) electrons. The Balaban J connectivity index is 2.49. The Labute approximate surface area is 86.4 Å². The van der Waals surface area contributed by atoms with Crippen molar-refractivity contribution in [3.05, 3.63) is 0 Å². The van der Waals surface area contributed by atoms with Crippen molar-refractivity contribution in [3.8, 4) is 0 Å². The van der Waals surface area contributed by atoms with Gasteiger partial charge >= 0.3 is 6.18 Å². The number of alkyl halides is 3. The monoisotopic (exact) mass is 224 g/mol. The van der Waals surface area contributed by atoms with Gasteiger partial charge in [0.15, 0.2) is 0 Å². The average molecular weight is 224 g/mol. The molecule has 0 aromatic carbocycles. The normalized spacial score (nSPS) is 29.1. The van der Waals surface area contributed by atoms with Crippen LogP contribution >= 0.6 is 0 Å². The minimum absolute atomic E-state index is 0.238. The first-order chi connectivity index (χ1) is 6.79. The molecule has 0 saturated carbocycles. The van der Waals surface area contributed by atoms with Crippen LogP contribution in [0.2, 0.25) is 0 Å². The van der Waals surface area contributed by atoms with Crippen LogP contribution in [0, 0.1) is 5.92 Å². The second-order valence-electron chi connectivity index (χ2n) is 4.06. The lowest BCUT2D eigenvalue weighted by atomic mass is 9.91. The van der Waals surface area contributed by atoms with E-state index in [1.54, 1.807) is 6.92 Å². The number of nitrogens with two attached hydrogens (primary N) is 1. The lowest BCUT2D eigenvalue weighted by molar-refractivity contribution is -0.154. The van der Waals surface area contributed by atoms with Gasteiger partial charge in [-0.3, -0.25) is 9.69 Å². The van der Waals surface area contributed by atoms with E-state index in [2.05, 4.69) is 0 Å². The second kappa shape index (κ2) is 4.38. The number of rotatable bonds is 2. The molecule has 0 bridgehead atoms. The van der Waals surface area contributed by atoms with E-state index in [4.69, 9.17) is 5.73 Å². The van der Waals surface area contributed by atoms with Crippen molar-refractivity contribution in [3.63, 3.8) is 0 Å². The van der Waals surface area contributed by atoms with Crippen molar-refractivity contribution in [1.29, 1.82) is 0 Å². The van der Waals surface area contributed by atoms with Crippen LogP contribution in [-0.4, -0.2) is 36.1 Å². The van der Waals surface area contributed by atoms with E-state index in [9.17, 15) is 18.0 Å². The van der Waals surface area contributed by atoms with Crippen LogP contribution in [-0.2, 0) is 4.79 Å². The molecule has 3 nitrogen and oxygen atoms in total. The molecule has 2 unspecified atom stereocenters. The summed E-state index contributed by atoms with van der Waals surface area (Å²) in [5.41, 5.74) is 5.12. The summed E-state index contributed by atoms with van der Waals surface area (Å²) in [6.45, 7) is 1.08. The third-order valence-electron chi connectivity index (χ3n) is 2.80. The van der Waals surface area contributed by atoms with Crippen LogP contribution in [0.15, 0.2) is 0 Å². The highest BCUT2D eigenvalue weighted by molar-refractivity contribution is 5.76. The molecule has 0 aromatic heterocycles. The van der Waals surface area contributed by atoms with Crippen LogP contribution in [0.5, 0.6) is 0 Å². The second-order valence-corrected chi connectivity index (χ2v) is 4.06. The number of hydrogen-bond acceptors (Lipinski definition) is 2. The Morgan fingerprint density at radius 3 is 2.53 bits per heavy atom. The summed E-state index contributed by atoms with van der Waals surface area (Å²) < 4.78 is 36.4. The fourth-order valence-electron chi connectivity index (χ4n) is 1.94. The molecule has 0 aromatic rings.